The molecule has 1 amide bonds. The Labute approximate surface area is 164 Å². The van der Waals surface area contributed by atoms with Crippen LogP contribution in [0, 0.1) is 11.8 Å². The van der Waals surface area contributed by atoms with Crippen LogP contribution in [0.15, 0.2) is 29.2 Å². The van der Waals surface area contributed by atoms with Gasteiger partial charge in [0.1, 0.15) is 0 Å². The SMILES string of the molecule is COC(=O)C1CCN(S(=O)(=O)c2ccc(N3C(=O)C(C)CS3(=O)=O)cc2)CC1. The molecule has 0 aromatic heterocycles. The number of carbonyl (C=O) groups excluding carboxylic acids is 2. The summed E-state index contributed by atoms with van der Waals surface area (Å²) in [6, 6.07) is 5.23. The third kappa shape index (κ3) is 3.65. The minimum Gasteiger partial charge on any atom is -0.469 e. The molecule has 1 unspecified atom stereocenters. The second kappa shape index (κ2) is 7.45. The van der Waals surface area contributed by atoms with E-state index < -0.39 is 31.9 Å². The molecule has 9 nitrogen and oxygen atoms in total. The van der Waals surface area contributed by atoms with E-state index in [2.05, 4.69) is 0 Å². The zero-order valence-corrected chi connectivity index (χ0v) is 17.2. The largest absolute Gasteiger partial charge is 0.469 e. The Morgan fingerprint density at radius 1 is 1.14 bits per heavy atom. The van der Waals surface area contributed by atoms with Gasteiger partial charge in [-0.2, -0.15) is 4.31 Å². The molecule has 2 aliphatic heterocycles. The molecule has 154 valence electrons. The fourth-order valence-electron chi connectivity index (χ4n) is 3.49. The second-order valence-electron chi connectivity index (χ2n) is 6.98. The number of hydrogen-bond donors (Lipinski definition) is 0. The summed E-state index contributed by atoms with van der Waals surface area (Å²) < 4.78 is 56.7. The zero-order chi connectivity index (χ0) is 20.7. The Morgan fingerprint density at radius 2 is 1.71 bits per heavy atom. The van der Waals surface area contributed by atoms with Crippen LogP contribution >= 0.6 is 0 Å². The first-order valence-corrected chi connectivity index (χ1v) is 11.9. The lowest BCUT2D eigenvalue weighted by atomic mass is 9.99. The highest BCUT2D eigenvalue weighted by atomic mass is 32.2. The van der Waals surface area contributed by atoms with Gasteiger partial charge < -0.3 is 4.74 Å². The summed E-state index contributed by atoms with van der Waals surface area (Å²) in [7, 11) is -6.22. The zero-order valence-electron chi connectivity index (χ0n) is 15.6. The summed E-state index contributed by atoms with van der Waals surface area (Å²) in [5.74, 6) is -2.08. The summed E-state index contributed by atoms with van der Waals surface area (Å²) >= 11 is 0. The standard InChI is InChI=1S/C17H22N2O7S2/c1-12-11-27(22,23)19(16(12)20)14-3-5-15(6-4-14)28(24,25)18-9-7-13(8-10-18)17(21)26-2/h3-6,12-13H,7-11H2,1-2H3. The van der Waals surface area contributed by atoms with E-state index in [4.69, 9.17) is 4.74 Å². The predicted octanol–water partition coefficient (Wildman–Crippen LogP) is 0.573. The molecular weight excluding hydrogens is 408 g/mol. The van der Waals surface area contributed by atoms with Crippen LogP contribution in [0.25, 0.3) is 0 Å². The molecule has 0 spiro atoms. The Morgan fingerprint density at radius 3 is 2.18 bits per heavy atom. The van der Waals surface area contributed by atoms with E-state index in [9.17, 15) is 26.4 Å². The number of benzene rings is 1. The summed E-state index contributed by atoms with van der Waals surface area (Å²) in [4.78, 5) is 23.7. The number of nitrogens with zero attached hydrogens (tertiary/aromatic N) is 2. The number of esters is 1. The number of methoxy groups -OCH3 is 1. The number of amides is 1. The molecule has 0 bridgehead atoms. The molecular formula is C17H22N2O7S2. The average Bonchev–Trinajstić information content (AvgIpc) is 2.88. The maximum absolute atomic E-state index is 12.8. The summed E-state index contributed by atoms with van der Waals surface area (Å²) in [6.07, 6.45) is 0.755. The van der Waals surface area contributed by atoms with Crippen LogP contribution in [0.2, 0.25) is 0 Å². The van der Waals surface area contributed by atoms with Crippen molar-refractivity contribution in [2.45, 2.75) is 24.7 Å². The highest BCUT2D eigenvalue weighted by Crippen LogP contribution is 2.30. The highest BCUT2D eigenvalue weighted by molar-refractivity contribution is 7.94. The summed E-state index contributed by atoms with van der Waals surface area (Å²) in [5.41, 5.74) is 0.123. The molecule has 0 N–H and O–H groups in total. The lowest BCUT2D eigenvalue weighted by Crippen LogP contribution is -2.40. The first kappa shape index (κ1) is 20.7. The first-order valence-electron chi connectivity index (χ1n) is 8.83. The summed E-state index contributed by atoms with van der Waals surface area (Å²) in [6.45, 7) is 1.93. The molecule has 2 aliphatic rings. The van der Waals surface area contributed by atoms with Crippen LogP contribution in [0.5, 0.6) is 0 Å². The Kier molecular flexibility index (Phi) is 5.52. The van der Waals surface area contributed by atoms with E-state index >= 15 is 0 Å². The fourth-order valence-corrected chi connectivity index (χ4v) is 6.78. The van der Waals surface area contributed by atoms with Gasteiger partial charge >= 0.3 is 5.97 Å². The number of ether oxygens (including phenoxy) is 1. The van der Waals surface area contributed by atoms with Crippen molar-refractivity contribution in [2.75, 3.05) is 30.3 Å². The van der Waals surface area contributed by atoms with Crippen molar-refractivity contribution in [1.29, 1.82) is 0 Å². The van der Waals surface area contributed by atoms with Gasteiger partial charge in [-0.3, -0.25) is 9.59 Å². The molecule has 1 atom stereocenters. The van der Waals surface area contributed by atoms with Crippen molar-refractivity contribution in [1.82, 2.24) is 4.31 Å². The van der Waals surface area contributed by atoms with Gasteiger partial charge in [-0.1, -0.05) is 6.92 Å². The molecule has 2 fully saturated rings. The average molecular weight is 431 g/mol. The van der Waals surface area contributed by atoms with Crippen molar-refractivity contribution in [3.63, 3.8) is 0 Å². The molecule has 28 heavy (non-hydrogen) atoms. The quantitative estimate of drug-likeness (QED) is 0.641. The van der Waals surface area contributed by atoms with E-state index in [0.29, 0.717) is 12.8 Å². The van der Waals surface area contributed by atoms with Gasteiger partial charge in [-0.05, 0) is 37.1 Å². The number of carbonyl (C=O) groups is 2. The monoisotopic (exact) mass is 430 g/mol. The second-order valence-corrected chi connectivity index (χ2v) is 10.8. The maximum atomic E-state index is 12.8. The van der Waals surface area contributed by atoms with E-state index in [0.717, 1.165) is 4.31 Å². The van der Waals surface area contributed by atoms with E-state index in [1.165, 1.54) is 42.6 Å². The van der Waals surface area contributed by atoms with Crippen LogP contribution in [-0.4, -0.2) is 59.0 Å². The van der Waals surface area contributed by atoms with Crippen molar-refractivity contribution >= 4 is 37.6 Å². The number of sulfonamides is 2. The molecule has 3 rings (SSSR count). The van der Waals surface area contributed by atoms with Gasteiger partial charge in [0.05, 0.1) is 35.3 Å². The van der Waals surface area contributed by atoms with Crippen molar-refractivity contribution in [2.24, 2.45) is 11.8 Å². The smallest absolute Gasteiger partial charge is 0.308 e. The van der Waals surface area contributed by atoms with Crippen molar-refractivity contribution < 1.29 is 31.2 Å². The van der Waals surface area contributed by atoms with Gasteiger partial charge in [0, 0.05) is 13.1 Å². The minimum absolute atomic E-state index is 0.00450. The van der Waals surface area contributed by atoms with Gasteiger partial charge in [-0.25, -0.2) is 21.1 Å². The highest BCUT2D eigenvalue weighted by Gasteiger charge is 2.42. The molecule has 11 heteroatoms. The van der Waals surface area contributed by atoms with Gasteiger partial charge in [0.2, 0.25) is 26.0 Å². The lowest BCUT2D eigenvalue weighted by Gasteiger charge is -2.30. The molecule has 2 saturated heterocycles. The molecule has 2 heterocycles. The van der Waals surface area contributed by atoms with Crippen LogP contribution in [0.3, 0.4) is 0 Å². The van der Waals surface area contributed by atoms with E-state index in [-0.39, 0.29) is 41.3 Å². The van der Waals surface area contributed by atoms with E-state index in [1.807, 2.05) is 0 Å². The van der Waals surface area contributed by atoms with Gasteiger partial charge in [-0.15, -0.1) is 0 Å². The normalized spacial score (nSPS) is 23.7. The Hall–Kier alpha value is -1.98. The molecule has 1 aromatic rings. The lowest BCUT2D eigenvalue weighted by molar-refractivity contribution is -0.146. The minimum atomic E-state index is -3.78. The van der Waals surface area contributed by atoms with Crippen LogP contribution < -0.4 is 4.31 Å². The Bertz CT molecular complexity index is 979. The predicted molar refractivity (Wildman–Crippen MR) is 100 cm³/mol. The molecule has 1 aromatic carbocycles. The summed E-state index contributed by atoms with van der Waals surface area (Å²) in [5, 5.41) is 0. The number of piperidine rings is 1. The maximum Gasteiger partial charge on any atom is 0.308 e. The topological polar surface area (TPSA) is 118 Å². The number of anilines is 1. The molecule has 0 saturated carbocycles. The Balaban J connectivity index is 1.78. The fraction of sp³-hybridized carbons (Fsp3) is 0.529. The van der Waals surface area contributed by atoms with Gasteiger partial charge in [0.15, 0.2) is 0 Å². The van der Waals surface area contributed by atoms with Crippen LogP contribution in [-0.2, 0) is 34.4 Å². The third-order valence-electron chi connectivity index (χ3n) is 5.06. The van der Waals surface area contributed by atoms with Crippen molar-refractivity contribution in [3.8, 4) is 0 Å². The van der Waals surface area contributed by atoms with Crippen molar-refractivity contribution in [3.05, 3.63) is 24.3 Å². The molecule has 0 aliphatic carbocycles. The molecule has 0 radical (unpaired) electrons. The first-order chi connectivity index (χ1) is 13.1. The van der Waals surface area contributed by atoms with E-state index in [1.54, 1.807) is 0 Å². The van der Waals surface area contributed by atoms with Crippen LogP contribution in [0.4, 0.5) is 5.69 Å². The third-order valence-corrected chi connectivity index (χ3v) is 8.84. The number of rotatable bonds is 4. The van der Waals surface area contributed by atoms with Crippen LogP contribution in [0.1, 0.15) is 19.8 Å². The van der Waals surface area contributed by atoms with Gasteiger partial charge in [0.25, 0.3) is 0 Å². The number of hydrogen-bond acceptors (Lipinski definition) is 7.